The van der Waals surface area contributed by atoms with E-state index in [2.05, 4.69) is 15.3 Å². The summed E-state index contributed by atoms with van der Waals surface area (Å²) in [5.41, 5.74) is 3.19. The van der Waals surface area contributed by atoms with Gasteiger partial charge in [0.2, 0.25) is 10.9 Å². The predicted molar refractivity (Wildman–Crippen MR) is 139 cm³/mol. The summed E-state index contributed by atoms with van der Waals surface area (Å²) in [7, 11) is -2.38. The lowest BCUT2D eigenvalue weighted by atomic mass is 9.80. The van der Waals surface area contributed by atoms with Crippen LogP contribution in [0.15, 0.2) is 53.8 Å². The number of benzene rings is 2. The lowest BCUT2D eigenvalue weighted by molar-refractivity contribution is -0.146. The van der Waals surface area contributed by atoms with Gasteiger partial charge in [-0.1, -0.05) is 0 Å². The molecule has 1 atom stereocenters. The fourth-order valence-electron chi connectivity index (χ4n) is 5.45. The van der Waals surface area contributed by atoms with Crippen molar-refractivity contribution in [1.29, 1.82) is 0 Å². The molecule has 1 saturated carbocycles. The maximum absolute atomic E-state index is 13.5. The first-order valence-electron chi connectivity index (χ1n) is 12.7. The van der Waals surface area contributed by atoms with Crippen LogP contribution in [0, 0.1) is 18.7 Å². The van der Waals surface area contributed by atoms with E-state index < -0.39 is 22.2 Å². The molecule has 1 aliphatic carbocycles. The van der Waals surface area contributed by atoms with Crippen molar-refractivity contribution in [2.45, 2.75) is 36.9 Å². The first-order valence-corrected chi connectivity index (χ1v) is 14.1. The molecule has 1 saturated heterocycles. The molecule has 3 heterocycles. The molecular weight excluding hydrogens is 525 g/mol. The van der Waals surface area contributed by atoms with Gasteiger partial charge in [-0.05, 0) is 67.3 Å². The number of aryl methyl sites for hydroxylation is 2. The highest BCUT2D eigenvalue weighted by atomic mass is 32.2. The fourth-order valence-corrected chi connectivity index (χ4v) is 6.78. The molecule has 2 fully saturated rings. The smallest absolute Gasteiger partial charge is 0.264 e. The van der Waals surface area contributed by atoms with E-state index in [9.17, 15) is 22.7 Å². The minimum absolute atomic E-state index is 0.0539. The third kappa shape index (κ3) is 4.49. The summed E-state index contributed by atoms with van der Waals surface area (Å²) in [4.78, 5) is 16.5. The third-order valence-corrected chi connectivity index (χ3v) is 9.38. The second-order valence-electron chi connectivity index (χ2n) is 10.2. The topological polar surface area (TPSA) is 126 Å². The molecule has 0 radical (unpaired) electrons. The van der Waals surface area contributed by atoms with Gasteiger partial charge in [0.25, 0.3) is 10.0 Å². The number of aliphatic hydroxyl groups excluding tert-OH is 1. The number of aromatic nitrogens is 5. The standard InChI is InChI=1S/C26H28FN7O4S/c1-16-9-23-18(13-29-34(23)20-5-3-19(27)4-6-20)12-22(16)24-15-32(39(37,38)25-14-28-31(2)30-25)7-8-33(24)26(36)17-10-21(35)11-17/h3-6,9,12-14,17,21,24,35H,7-8,10-11,15H2,1-2H3. The Hall–Kier alpha value is -3.68. The molecule has 0 bridgehead atoms. The molecule has 204 valence electrons. The Balaban J connectivity index is 1.39. The minimum Gasteiger partial charge on any atom is -0.393 e. The van der Waals surface area contributed by atoms with Crippen molar-refractivity contribution in [1.82, 2.24) is 34.0 Å². The number of nitrogens with zero attached hydrogens (tertiary/aromatic N) is 7. The molecule has 1 amide bonds. The second-order valence-corrected chi connectivity index (χ2v) is 12.1. The Morgan fingerprint density at radius 2 is 1.82 bits per heavy atom. The van der Waals surface area contributed by atoms with Gasteiger partial charge in [0, 0.05) is 38.0 Å². The number of rotatable bonds is 5. The van der Waals surface area contributed by atoms with Gasteiger partial charge < -0.3 is 10.0 Å². The first kappa shape index (κ1) is 25.6. The van der Waals surface area contributed by atoms with Gasteiger partial charge in [-0.15, -0.1) is 5.10 Å². The molecule has 2 aromatic carbocycles. The molecule has 1 N–H and O–H groups in total. The van der Waals surface area contributed by atoms with Gasteiger partial charge in [0.05, 0.1) is 35.7 Å². The van der Waals surface area contributed by atoms with E-state index in [1.807, 2.05) is 19.1 Å². The number of carbonyl (C=O) groups is 1. The third-order valence-electron chi connectivity index (χ3n) is 7.66. The quantitative estimate of drug-likeness (QED) is 0.400. The van der Waals surface area contributed by atoms with Crippen LogP contribution < -0.4 is 0 Å². The lowest BCUT2D eigenvalue weighted by Crippen LogP contribution is -2.55. The van der Waals surface area contributed by atoms with Crippen molar-refractivity contribution in [3.8, 4) is 5.69 Å². The van der Waals surface area contributed by atoms with E-state index in [-0.39, 0.29) is 42.3 Å². The van der Waals surface area contributed by atoms with E-state index >= 15 is 0 Å². The van der Waals surface area contributed by atoms with E-state index in [4.69, 9.17) is 0 Å². The van der Waals surface area contributed by atoms with Crippen LogP contribution in [0.5, 0.6) is 0 Å². The first-order chi connectivity index (χ1) is 18.6. The number of aliphatic hydroxyl groups is 1. The van der Waals surface area contributed by atoms with Gasteiger partial charge in [-0.3, -0.25) is 4.79 Å². The molecular formula is C26H28FN7O4S. The summed E-state index contributed by atoms with van der Waals surface area (Å²) in [6.07, 6.45) is 3.26. The zero-order valence-electron chi connectivity index (χ0n) is 21.5. The van der Waals surface area contributed by atoms with Crippen LogP contribution in [0.1, 0.15) is 30.0 Å². The summed E-state index contributed by atoms with van der Waals surface area (Å²) < 4.78 is 43.4. The van der Waals surface area contributed by atoms with Crippen molar-refractivity contribution in [2.75, 3.05) is 19.6 Å². The molecule has 4 aromatic rings. The number of piperazine rings is 1. The van der Waals surface area contributed by atoms with Gasteiger partial charge in [-0.2, -0.15) is 19.3 Å². The van der Waals surface area contributed by atoms with E-state index in [1.54, 1.807) is 35.0 Å². The van der Waals surface area contributed by atoms with Crippen molar-refractivity contribution >= 4 is 26.8 Å². The number of fused-ring (bicyclic) bond motifs is 1. The Bertz CT molecular complexity index is 1660. The maximum atomic E-state index is 13.5. The van der Waals surface area contributed by atoms with Gasteiger partial charge in [0.15, 0.2) is 0 Å². The van der Waals surface area contributed by atoms with Crippen LogP contribution in [0.2, 0.25) is 0 Å². The lowest BCUT2D eigenvalue weighted by Gasteiger charge is -2.44. The number of sulfonamides is 1. The average Bonchev–Trinajstić information content (AvgIpc) is 3.52. The monoisotopic (exact) mass is 553 g/mol. The fraction of sp³-hybridized carbons (Fsp3) is 0.385. The predicted octanol–water partition coefficient (Wildman–Crippen LogP) is 1.95. The summed E-state index contributed by atoms with van der Waals surface area (Å²) >= 11 is 0. The number of hydrogen-bond acceptors (Lipinski definition) is 7. The molecule has 39 heavy (non-hydrogen) atoms. The highest BCUT2D eigenvalue weighted by Gasteiger charge is 2.43. The summed E-state index contributed by atoms with van der Waals surface area (Å²) in [6.45, 7) is 2.31. The number of halogens is 1. The Morgan fingerprint density at radius 3 is 2.49 bits per heavy atom. The number of carbonyl (C=O) groups excluding carboxylic acids is 1. The van der Waals surface area contributed by atoms with Crippen molar-refractivity contribution in [3.63, 3.8) is 0 Å². The molecule has 2 aromatic heterocycles. The minimum atomic E-state index is -3.93. The Kier molecular flexibility index (Phi) is 6.24. The summed E-state index contributed by atoms with van der Waals surface area (Å²) in [5.74, 6) is -0.699. The molecule has 2 aliphatic rings. The van der Waals surface area contributed by atoms with Crippen LogP contribution >= 0.6 is 0 Å². The molecule has 6 rings (SSSR count). The van der Waals surface area contributed by atoms with Gasteiger partial charge >= 0.3 is 0 Å². The average molecular weight is 554 g/mol. The highest BCUT2D eigenvalue weighted by Crippen LogP contribution is 2.37. The molecule has 1 aliphatic heterocycles. The normalized spacial score (nSPS) is 22.3. The molecule has 11 nitrogen and oxygen atoms in total. The van der Waals surface area contributed by atoms with Gasteiger partial charge in [-0.25, -0.2) is 17.5 Å². The van der Waals surface area contributed by atoms with Crippen molar-refractivity contribution in [2.24, 2.45) is 13.0 Å². The maximum Gasteiger partial charge on any atom is 0.264 e. The van der Waals surface area contributed by atoms with E-state index in [0.29, 0.717) is 18.5 Å². The van der Waals surface area contributed by atoms with Crippen LogP contribution in [-0.2, 0) is 21.9 Å². The number of amides is 1. The molecule has 13 heteroatoms. The van der Waals surface area contributed by atoms with Crippen LogP contribution in [0.3, 0.4) is 0 Å². The van der Waals surface area contributed by atoms with Crippen molar-refractivity contribution in [3.05, 3.63) is 65.7 Å². The SMILES string of the molecule is Cc1cc2c(cnn2-c2ccc(F)cc2)cc1C1CN(S(=O)(=O)c2cnn(C)n2)CCN1C(=O)C1CC(O)C1. The van der Waals surface area contributed by atoms with E-state index in [1.165, 1.54) is 27.4 Å². The zero-order valence-corrected chi connectivity index (χ0v) is 22.3. The Labute approximate surface area is 224 Å². The van der Waals surface area contributed by atoms with Crippen LogP contribution in [0.25, 0.3) is 16.6 Å². The number of hydrogen-bond donors (Lipinski definition) is 1. The Morgan fingerprint density at radius 1 is 1.08 bits per heavy atom. The van der Waals surface area contributed by atoms with Crippen LogP contribution in [0.4, 0.5) is 4.39 Å². The van der Waals surface area contributed by atoms with Crippen LogP contribution in [-0.4, -0.2) is 79.1 Å². The summed E-state index contributed by atoms with van der Waals surface area (Å²) in [6, 6.07) is 9.39. The van der Waals surface area contributed by atoms with E-state index in [0.717, 1.165) is 22.0 Å². The largest absolute Gasteiger partial charge is 0.393 e. The second kappa shape index (κ2) is 9.50. The summed E-state index contributed by atoms with van der Waals surface area (Å²) in [5, 5.41) is 22.9. The molecule has 0 spiro atoms. The van der Waals surface area contributed by atoms with Gasteiger partial charge in [0.1, 0.15) is 5.82 Å². The highest BCUT2D eigenvalue weighted by molar-refractivity contribution is 7.89. The zero-order chi connectivity index (χ0) is 27.5. The van der Waals surface area contributed by atoms with Crippen molar-refractivity contribution < 1.29 is 22.7 Å². The molecule has 1 unspecified atom stereocenters.